The van der Waals surface area contributed by atoms with E-state index in [0.717, 1.165) is 25.1 Å². The average molecular weight is 249 g/mol. The maximum absolute atomic E-state index is 11.4. The molecule has 1 saturated heterocycles. The lowest BCUT2D eigenvalue weighted by Crippen LogP contribution is -2.43. The van der Waals surface area contributed by atoms with Gasteiger partial charge in [0, 0.05) is 6.54 Å². The minimum Gasteiger partial charge on any atom is -0.497 e. The molecule has 4 heteroatoms. The smallest absolute Gasteiger partial charge is 0.322 e. The normalized spacial score (nSPS) is 23.4. The second kappa shape index (κ2) is 5.87. The van der Waals surface area contributed by atoms with Crippen LogP contribution in [0.3, 0.4) is 0 Å². The van der Waals surface area contributed by atoms with Gasteiger partial charge >= 0.3 is 5.97 Å². The molecule has 0 amide bonds. The van der Waals surface area contributed by atoms with Crippen molar-refractivity contribution in [2.75, 3.05) is 20.8 Å². The highest BCUT2D eigenvalue weighted by Gasteiger charge is 2.27. The highest BCUT2D eigenvalue weighted by molar-refractivity contribution is 5.75. The van der Waals surface area contributed by atoms with Crippen molar-refractivity contribution in [2.45, 2.75) is 24.8 Å². The van der Waals surface area contributed by atoms with Crippen LogP contribution in [0.15, 0.2) is 24.3 Å². The van der Waals surface area contributed by atoms with Gasteiger partial charge in [-0.05, 0) is 36.5 Å². The van der Waals surface area contributed by atoms with Gasteiger partial charge in [-0.25, -0.2) is 0 Å². The topological polar surface area (TPSA) is 47.6 Å². The van der Waals surface area contributed by atoms with Crippen molar-refractivity contribution >= 4 is 5.97 Å². The molecule has 1 fully saturated rings. The summed E-state index contributed by atoms with van der Waals surface area (Å²) < 4.78 is 9.97. The summed E-state index contributed by atoms with van der Waals surface area (Å²) in [6, 6.07) is 7.95. The van der Waals surface area contributed by atoms with E-state index < -0.39 is 0 Å². The van der Waals surface area contributed by atoms with Crippen molar-refractivity contribution < 1.29 is 14.3 Å². The molecule has 98 valence electrons. The number of nitrogens with one attached hydrogen (secondary N) is 1. The lowest BCUT2D eigenvalue weighted by molar-refractivity contribution is -0.143. The Hall–Kier alpha value is -1.55. The minimum atomic E-state index is -0.168. The fraction of sp³-hybridized carbons (Fsp3) is 0.500. The minimum absolute atomic E-state index is 0.156. The van der Waals surface area contributed by atoms with Crippen LogP contribution in [-0.2, 0) is 9.53 Å². The molecule has 18 heavy (non-hydrogen) atoms. The standard InChI is InChI=1S/C14H19NO3/c1-17-12-5-3-4-10(8-12)11-6-7-13(15-9-11)14(16)18-2/h3-5,8,11,13,15H,6-7,9H2,1-2H3/t11-,13+/m1/s1. The molecule has 1 heterocycles. The van der Waals surface area contributed by atoms with E-state index in [4.69, 9.17) is 9.47 Å². The fourth-order valence-corrected chi connectivity index (χ4v) is 2.38. The van der Waals surface area contributed by atoms with Crippen molar-refractivity contribution in [3.63, 3.8) is 0 Å². The highest BCUT2D eigenvalue weighted by atomic mass is 16.5. The van der Waals surface area contributed by atoms with E-state index in [9.17, 15) is 4.79 Å². The van der Waals surface area contributed by atoms with Gasteiger partial charge in [-0.15, -0.1) is 0 Å². The van der Waals surface area contributed by atoms with Crippen LogP contribution in [0.2, 0.25) is 0 Å². The van der Waals surface area contributed by atoms with E-state index >= 15 is 0 Å². The van der Waals surface area contributed by atoms with Crippen molar-refractivity contribution in [2.24, 2.45) is 0 Å². The number of hydrogen-bond acceptors (Lipinski definition) is 4. The molecule has 0 spiro atoms. The molecule has 2 atom stereocenters. The third kappa shape index (κ3) is 2.82. The Morgan fingerprint density at radius 1 is 1.33 bits per heavy atom. The number of ether oxygens (including phenoxy) is 2. The van der Waals surface area contributed by atoms with E-state index in [1.807, 2.05) is 12.1 Å². The van der Waals surface area contributed by atoms with Gasteiger partial charge < -0.3 is 14.8 Å². The summed E-state index contributed by atoms with van der Waals surface area (Å²) in [6.45, 7) is 0.799. The van der Waals surface area contributed by atoms with Crippen LogP contribution in [0.5, 0.6) is 5.75 Å². The summed E-state index contributed by atoms with van der Waals surface area (Å²) in [5, 5.41) is 3.24. The largest absolute Gasteiger partial charge is 0.497 e. The molecule has 1 aliphatic heterocycles. The number of rotatable bonds is 3. The predicted octanol–water partition coefficient (Wildman–Crippen LogP) is 1.70. The van der Waals surface area contributed by atoms with Gasteiger partial charge in [0.05, 0.1) is 14.2 Å². The number of hydrogen-bond donors (Lipinski definition) is 1. The van der Waals surface area contributed by atoms with E-state index in [1.54, 1.807) is 7.11 Å². The maximum Gasteiger partial charge on any atom is 0.322 e. The highest BCUT2D eigenvalue weighted by Crippen LogP contribution is 2.27. The molecule has 0 aliphatic carbocycles. The summed E-state index contributed by atoms with van der Waals surface area (Å²) >= 11 is 0. The molecule has 0 radical (unpaired) electrons. The third-order valence-electron chi connectivity index (χ3n) is 3.47. The van der Waals surface area contributed by atoms with Crippen molar-refractivity contribution in [3.8, 4) is 5.75 Å². The SMILES string of the molecule is COC(=O)[C@@H]1CC[C@@H](c2cccc(OC)c2)CN1. The second-order valence-corrected chi connectivity index (χ2v) is 4.53. The fourth-order valence-electron chi connectivity index (χ4n) is 2.38. The molecule has 1 N–H and O–H groups in total. The molecule has 4 nitrogen and oxygen atoms in total. The zero-order valence-electron chi connectivity index (χ0n) is 10.8. The Morgan fingerprint density at radius 3 is 2.78 bits per heavy atom. The first-order chi connectivity index (χ1) is 8.74. The van der Waals surface area contributed by atoms with Gasteiger partial charge in [-0.1, -0.05) is 12.1 Å². The molecule has 2 rings (SSSR count). The van der Waals surface area contributed by atoms with Gasteiger partial charge in [0.15, 0.2) is 0 Å². The van der Waals surface area contributed by atoms with Crippen molar-refractivity contribution in [1.82, 2.24) is 5.32 Å². The number of carbonyl (C=O) groups is 1. The van der Waals surface area contributed by atoms with Crippen LogP contribution >= 0.6 is 0 Å². The quantitative estimate of drug-likeness (QED) is 0.828. The molecule has 0 aromatic heterocycles. The molecule has 0 unspecified atom stereocenters. The van der Waals surface area contributed by atoms with E-state index in [-0.39, 0.29) is 12.0 Å². The van der Waals surface area contributed by atoms with E-state index in [0.29, 0.717) is 5.92 Å². The first-order valence-corrected chi connectivity index (χ1v) is 6.19. The molecular formula is C14H19NO3. The van der Waals surface area contributed by atoms with Crippen LogP contribution in [0.25, 0.3) is 0 Å². The summed E-state index contributed by atoms with van der Waals surface area (Å²) in [5.74, 6) is 1.14. The average Bonchev–Trinajstić information content (AvgIpc) is 2.46. The van der Waals surface area contributed by atoms with Crippen LogP contribution < -0.4 is 10.1 Å². The van der Waals surface area contributed by atoms with Gasteiger partial charge in [-0.2, -0.15) is 0 Å². The first-order valence-electron chi connectivity index (χ1n) is 6.19. The predicted molar refractivity (Wildman–Crippen MR) is 68.8 cm³/mol. The van der Waals surface area contributed by atoms with Gasteiger partial charge in [0.1, 0.15) is 11.8 Å². The molecule has 0 saturated carbocycles. The third-order valence-corrected chi connectivity index (χ3v) is 3.47. The van der Waals surface area contributed by atoms with E-state index in [2.05, 4.69) is 17.4 Å². The molecule has 1 aliphatic rings. The number of methoxy groups -OCH3 is 2. The maximum atomic E-state index is 11.4. The molecule has 1 aromatic carbocycles. The van der Waals surface area contributed by atoms with Gasteiger partial charge in [0.2, 0.25) is 0 Å². The van der Waals surface area contributed by atoms with Crippen molar-refractivity contribution in [1.29, 1.82) is 0 Å². The Bertz CT molecular complexity index is 411. The molecule has 0 bridgehead atoms. The zero-order valence-corrected chi connectivity index (χ0v) is 10.8. The van der Waals surface area contributed by atoms with Gasteiger partial charge in [0.25, 0.3) is 0 Å². The van der Waals surface area contributed by atoms with Crippen LogP contribution in [0.1, 0.15) is 24.3 Å². The Balaban J connectivity index is 1.98. The number of piperidine rings is 1. The van der Waals surface area contributed by atoms with Gasteiger partial charge in [-0.3, -0.25) is 4.79 Å². The number of carbonyl (C=O) groups excluding carboxylic acids is 1. The summed E-state index contributed by atoms with van der Waals surface area (Å²) in [7, 11) is 3.10. The number of benzene rings is 1. The first kappa shape index (κ1) is 12.9. The Labute approximate surface area is 107 Å². The Kier molecular flexibility index (Phi) is 4.20. The summed E-state index contributed by atoms with van der Waals surface area (Å²) in [4.78, 5) is 11.4. The van der Waals surface area contributed by atoms with Crippen LogP contribution in [0, 0.1) is 0 Å². The summed E-state index contributed by atoms with van der Waals surface area (Å²) in [6.07, 6.45) is 1.80. The lowest BCUT2D eigenvalue weighted by atomic mass is 9.88. The Morgan fingerprint density at radius 2 is 2.17 bits per heavy atom. The lowest BCUT2D eigenvalue weighted by Gasteiger charge is -2.28. The number of esters is 1. The van der Waals surface area contributed by atoms with Crippen LogP contribution in [-0.4, -0.2) is 32.8 Å². The van der Waals surface area contributed by atoms with E-state index in [1.165, 1.54) is 12.7 Å². The van der Waals surface area contributed by atoms with Crippen molar-refractivity contribution in [3.05, 3.63) is 29.8 Å². The van der Waals surface area contributed by atoms with Crippen LogP contribution in [0.4, 0.5) is 0 Å². The monoisotopic (exact) mass is 249 g/mol. The molecule has 1 aromatic rings. The second-order valence-electron chi connectivity index (χ2n) is 4.53. The summed E-state index contributed by atoms with van der Waals surface area (Å²) in [5.41, 5.74) is 1.25. The molecular weight excluding hydrogens is 230 g/mol. The zero-order chi connectivity index (χ0) is 13.0.